The first-order chi connectivity index (χ1) is 8.31. The van der Waals surface area contributed by atoms with Gasteiger partial charge < -0.3 is 10.2 Å². The van der Waals surface area contributed by atoms with Crippen molar-refractivity contribution in [3.63, 3.8) is 0 Å². The van der Waals surface area contributed by atoms with Crippen molar-refractivity contribution in [2.45, 2.75) is 30.3 Å². The number of nitrogens with zero attached hydrogens (tertiary/aromatic N) is 1. The van der Waals surface area contributed by atoms with E-state index in [1.165, 1.54) is 28.6 Å². The van der Waals surface area contributed by atoms with Gasteiger partial charge in [-0.15, -0.1) is 0 Å². The Balaban J connectivity index is 2.31. The molecule has 100 valence electrons. The largest absolute Gasteiger partial charge is 0.508 e. The van der Waals surface area contributed by atoms with Crippen LogP contribution in [-0.4, -0.2) is 41.6 Å². The number of rotatable bonds is 2. The number of β-amino-alcohol motifs (C(OH)–C–C–N with tert-alkyl or cyclic N) is 1. The van der Waals surface area contributed by atoms with Crippen molar-refractivity contribution in [3.05, 3.63) is 24.3 Å². The highest BCUT2D eigenvalue weighted by atomic mass is 32.2. The second-order valence-corrected chi connectivity index (χ2v) is 6.87. The van der Waals surface area contributed by atoms with Crippen molar-refractivity contribution >= 4 is 10.0 Å². The third-order valence-corrected chi connectivity index (χ3v) is 4.94. The maximum Gasteiger partial charge on any atom is 0.243 e. The van der Waals surface area contributed by atoms with Crippen molar-refractivity contribution in [1.29, 1.82) is 0 Å². The fourth-order valence-electron chi connectivity index (χ4n) is 2.17. The lowest BCUT2D eigenvalue weighted by atomic mass is 9.97. The quantitative estimate of drug-likeness (QED) is 0.838. The van der Waals surface area contributed by atoms with Gasteiger partial charge in [0.15, 0.2) is 0 Å². The topological polar surface area (TPSA) is 77.8 Å². The lowest BCUT2D eigenvalue weighted by Crippen LogP contribution is -2.48. The molecule has 0 aliphatic carbocycles. The summed E-state index contributed by atoms with van der Waals surface area (Å²) in [6, 6.07) is 5.58. The molecule has 1 heterocycles. The third-order valence-electron chi connectivity index (χ3n) is 3.10. The first-order valence-corrected chi connectivity index (χ1v) is 7.27. The van der Waals surface area contributed by atoms with Crippen molar-refractivity contribution < 1.29 is 18.6 Å². The van der Waals surface area contributed by atoms with Crippen molar-refractivity contribution in [2.75, 3.05) is 13.1 Å². The van der Waals surface area contributed by atoms with E-state index in [0.29, 0.717) is 19.4 Å². The number of hydrogen-bond acceptors (Lipinski definition) is 4. The van der Waals surface area contributed by atoms with Crippen LogP contribution in [-0.2, 0) is 10.0 Å². The number of benzene rings is 1. The predicted molar refractivity (Wildman–Crippen MR) is 66.7 cm³/mol. The maximum atomic E-state index is 12.3. The summed E-state index contributed by atoms with van der Waals surface area (Å²) < 4.78 is 25.9. The van der Waals surface area contributed by atoms with E-state index in [9.17, 15) is 18.6 Å². The Morgan fingerprint density at radius 3 is 2.72 bits per heavy atom. The van der Waals surface area contributed by atoms with Crippen LogP contribution in [0.2, 0.25) is 0 Å². The summed E-state index contributed by atoms with van der Waals surface area (Å²) in [7, 11) is -3.64. The molecule has 1 aromatic rings. The van der Waals surface area contributed by atoms with Crippen LogP contribution in [0.25, 0.3) is 0 Å². The van der Waals surface area contributed by atoms with Crippen LogP contribution in [0.1, 0.15) is 19.8 Å². The van der Waals surface area contributed by atoms with Gasteiger partial charge in [0.1, 0.15) is 5.75 Å². The first kappa shape index (κ1) is 13.3. The maximum absolute atomic E-state index is 12.3. The number of aromatic hydroxyl groups is 1. The summed E-state index contributed by atoms with van der Waals surface area (Å²) in [5, 5.41) is 19.3. The summed E-state index contributed by atoms with van der Waals surface area (Å²) >= 11 is 0. The molecular formula is C12H17NO4S. The molecule has 1 saturated heterocycles. The molecule has 2 rings (SSSR count). The Hall–Kier alpha value is -1.11. The van der Waals surface area contributed by atoms with Gasteiger partial charge in [0.05, 0.1) is 10.5 Å². The minimum atomic E-state index is -3.64. The Morgan fingerprint density at radius 2 is 2.11 bits per heavy atom. The summed E-state index contributed by atoms with van der Waals surface area (Å²) in [4.78, 5) is 0.0557. The van der Waals surface area contributed by atoms with Gasteiger partial charge in [-0.25, -0.2) is 8.42 Å². The summed E-state index contributed by atoms with van der Waals surface area (Å²) in [5.41, 5.74) is -0.984. The number of hydrogen-bond donors (Lipinski definition) is 2. The normalized spacial score (nSPS) is 26.1. The fraction of sp³-hybridized carbons (Fsp3) is 0.500. The molecule has 1 unspecified atom stereocenters. The van der Waals surface area contributed by atoms with Crippen molar-refractivity contribution in [2.24, 2.45) is 0 Å². The summed E-state index contributed by atoms with van der Waals surface area (Å²) in [5.74, 6) is -0.0835. The minimum absolute atomic E-state index is 0.0557. The Bertz CT molecular complexity index is 539. The molecule has 0 spiro atoms. The first-order valence-electron chi connectivity index (χ1n) is 5.83. The lowest BCUT2D eigenvalue weighted by molar-refractivity contribution is 0.00940. The summed E-state index contributed by atoms with van der Waals surface area (Å²) in [6.07, 6.45) is 1.23. The zero-order chi connectivity index (χ0) is 13.4. The highest BCUT2D eigenvalue weighted by Gasteiger charge is 2.35. The molecule has 2 N–H and O–H groups in total. The molecule has 0 saturated carbocycles. The van der Waals surface area contributed by atoms with Gasteiger partial charge in [0.25, 0.3) is 0 Å². The Kier molecular flexibility index (Phi) is 3.35. The summed E-state index contributed by atoms with van der Waals surface area (Å²) in [6.45, 7) is 2.12. The van der Waals surface area contributed by atoms with Gasteiger partial charge in [0.2, 0.25) is 10.0 Å². The van der Waals surface area contributed by atoms with Gasteiger partial charge >= 0.3 is 0 Å². The van der Waals surface area contributed by atoms with Crippen molar-refractivity contribution in [1.82, 2.24) is 4.31 Å². The SMILES string of the molecule is CC1(O)CCCN(S(=O)(=O)c2cccc(O)c2)C1. The van der Waals surface area contributed by atoms with Crippen LogP contribution in [0.3, 0.4) is 0 Å². The number of sulfonamides is 1. The Labute approximate surface area is 107 Å². The van der Waals surface area contributed by atoms with Gasteiger partial charge in [-0.05, 0) is 38.0 Å². The average Bonchev–Trinajstić information content (AvgIpc) is 2.27. The Morgan fingerprint density at radius 1 is 1.39 bits per heavy atom. The van der Waals surface area contributed by atoms with Crippen LogP contribution in [0, 0.1) is 0 Å². The predicted octanol–water partition coefficient (Wildman–Crippen LogP) is 0.928. The number of aliphatic hydroxyl groups is 1. The monoisotopic (exact) mass is 271 g/mol. The lowest BCUT2D eigenvalue weighted by Gasteiger charge is -2.35. The van der Waals surface area contributed by atoms with E-state index < -0.39 is 15.6 Å². The highest BCUT2D eigenvalue weighted by molar-refractivity contribution is 7.89. The molecular weight excluding hydrogens is 254 g/mol. The fourth-order valence-corrected chi connectivity index (χ4v) is 3.81. The molecule has 0 radical (unpaired) electrons. The molecule has 5 nitrogen and oxygen atoms in total. The number of piperidine rings is 1. The average molecular weight is 271 g/mol. The minimum Gasteiger partial charge on any atom is -0.508 e. The molecule has 0 bridgehead atoms. The van der Waals surface area contributed by atoms with Gasteiger partial charge in [-0.1, -0.05) is 6.07 Å². The molecule has 6 heteroatoms. The molecule has 1 aliphatic rings. The van der Waals surface area contributed by atoms with E-state index in [1.54, 1.807) is 6.92 Å². The second-order valence-electron chi connectivity index (χ2n) is 4.94. The molecule has 0 aromatic heterocycles. The number of phenols is 1. The van der Waals surface area contributed by atoms with E-state index in [0.717, 1.165) is 0 Å². The van der Waals surface area contributed by atoms with E-state index in [4.69, 9.17) is 0 Å². The van der Waals surface area contributed by atoms with E-state index in [-0.39, 0.29) is 17.2 Å². The molecule has 0 amide bonds. The molecule has 1 fully saturated rings. The van der Waals surface area contributed by atoms with Crippen LogP contribution >= 0.6 is 0 Å². The molecule has 1 aliphatic heterocycles. The van der Waals surface area contributed by atoms with E-state index >= 15 is 0 Å². The van der Waals surface area contributed by atoms with Gasteiger partial charge in [0, 0.05) is 13.1 Å². The molecule has 1 atom stereocenters. The standard InChI is InChI=1S/C12H17NO4S/c1-12(15)6-3-7-13(9-12)18(16,17)11-5-2-4-10(14)8-11/h2,4-5,8,14-15H,3,6-7,9H2,1H3. The van der Waals surface area contributed by atoms with Crippen LogP contribution < -0.4 is 0 Å². The zero-order valence-electron chi connectivity index (χ0n) is 10.2. The van der Waals surface area contributed by atoms with Crippen LogP contribution in [0.15, 0.2) is 29.2 Å². The van der Waals surface area contributed by atoms with Gasteiger partial charge in [-0.2, -0.15) is 4.31 Å². The number of phenolic OH excluding ortho intramolecular Hbond substituents is 1. The van der Waals surface area contributed by atoms with E-state index in [2.05, 4.69) is 0 Å². The highest BCUT2D eigenvalue weighted by Crippen LogP contribution is 2.27. The smallest absolute Gasteiger partial charge is 0.243 e. The van der Waals surface area contributed by atoms with Crippen LogP contribution in [0.5, 0.6) is 5.75 Å². The van der Waals surface area contributed by atoms with E-state index in [1.807, 2.05) is 0 Å². The zero-order valence-corrected chi connectivity index (χ0v) is 11.0. The van der Waals surface area contributed by atoms with Crippen molar-refractivity contribution in [3.8, 4) is 5.75 Å². The van der Waals surface area contributed by atoms with Crippen LogP contribution in [0.4, 0.5) is 0 Å². The second kappa shape index (κ2) is 4.53. The molecule has 1 aromatic carbocycles. The third kappa shape index (κ3) is 2.66. The molecule has 18 heavy (non-hydrogen) atoms. The van der Waals surface area contributed by atoms with Gasteiger partial charge in [-0.3, -0.25) is 0 Å².